The first-order valence-corrected chi connectivity index (χ1v) is 5.80. The molecule has 3 N–H and O–H groups in total. The van der Waals surface area contributed by atoms with Crippen molar-refractivity contribution in [3.63, 3.8) is 0 Å². The lowest BCUT2D eigenvalue weighted by Gasteiger charge is -2.23. The first kappa shape index (κ1) is 13.4. The third kappa shape index (κ3) is 3.17. The second-order valence-electron chi connectivity index (χ2n) is 3.99. The zero-order chi connectivity index (χ0) is 12.1. The van der Waals surface area contributed by atoms with E-state index in [-0.39, 0.29) is 16.9 Å². The Balaban J connectivity index is 2.90. The molecule has 0 amide bonds. The summed E-state index contributed by atoms with van der Waals surface area (Å²) < 4.78 is 13.0. The van der Waals surface area contributed by atoms with E-state index in [4.69, 9.17) is 17.3 Å². The predicted molar refractivity (Wildman–Crippen MR) is 66.0 cm³/mol. The van der Waals surface area contributed by atoms with Crippen LogP contribution in [-0.2, 0) is 0 Å². The van der Waals surface area contributed by atoms with E-state index in [0.29, 0.717) is 12.5 Å². The van der Waals surface area contributed by atoms with Crippen LogP contribution in [0.2, 0.25) is 5.02 Å². The van der Waals surface area contributed by atoms with Crippen molar-refractivity contribution in [2.45, 2.75) is 19.4 Å². The van der Waals surface area contributed by atoms with Crippen LogP contribution in [-0.4, -0.2) is 13.6 Å². The van der Waals surface area contributed by atoms with Gasteiger partial charge >= 0.3 is 0 Å². The first-order chi connectivity index (χ1) is 7.60. The van der Waals surface area contributed by atoms with Crippen LogP contribution in [0.4, 0.5) is 4.39 Å². The number of hydrogen-bond acceptors (Lipinski definition) is 2. The molecule has 0 saturated heterocycles. The van der Waals surface area contributed by atoms with Crippen molar-refractivity contribution in [3.8, 4) is 0 Å². The SMILES string of the molecule is CNC(c1ccc(F)c(Cl)c1)C(C)CCN. The second kappa shape index (κ2) is 6.18. The molecule has 1 aromatic carbocycles. The minimum Gasteiger partial charge on any atom is -0.330 e. The molecule has 16 heavy (non-hydrogen) atoms. The van der Waals surface area contributed by atoms with E-state index in [1.54, 1.807) is 12.1 Å². The maximum absolute atomic E-state index is 13.0. The highest BCUT2D eigenvalue weighted by Crippen LogP contribution is 2.27. The summed E-state index contributed by atoms with van der Waals surface area (Å²) in [6, 6.07) is 4.99. The lowest BCUT2D eigenvalue weighted by Crippen LogP contribution is -2.25. The standard InChI is InChI=1S/C12H18ClFN2/c1-8(5-6-15)12(16-2)9-3-4-11(14)10(13)7-9/h3-4,7-8,12,16H,5-6,15H2,1-2H3. The zero-order valence-electron chi connectivity index (χ0n) is 9.63. The normalized spacial score (nSPS) is 14.8. The topological polar surface area (TPSA) is 38.0 Å². The van der Waals surface area contributed by atoms with Crippen LogP contribution < -0.4 is 11.1 Å². The molecule has 0 bridgehead atoms. The molecule has 0 heterocycles. The Bertz CT molecular complexity index is 344. The van der Waals surface area contributed by atoms with Gasteiger partial charge in [0.1, 0.15) is 5.82 Å². The van der Waals surface area contributed by atoms with Gasteiger partial charge in [0.05, 0.1) is 5.02 Å². The van der Waals surface area contributed by atoms with E-state index in [1.807, 2.05) is 7.05 Å². The van der Waals surface area contributed by atoms with Crippen LogP contribution in [0.1, 0.15) is 24.9 Å². The highest BCUT2D eigenvalue weighted by atomic mass is 35.5. The van der Waals surface area contributed by atoms with Crippen molar-refractivity contribution >= 4 is 11.6 Å². The molecule has 0 aliphatic heterocycles. The van der Waals surface area contributed by atoms with E-state index in [0.717, 1.165) is 12.0 Å². The highest BCUT2D eigenvalue weighted by molar-refractivity contribution is 6.30. The lowest BCUT2D eigenvalue weighted by atomic mass is 9.92. The quantitative estimate of drug-likeness (QED) is 0.836. The third-order valence-corrected chi connectivity index (χ3v) is 3.09. The molecule has 0 aromatic heterocycles. The van der Waals surface area contributed by atoms with Crippen LogP contribution in [0, 0.1) is 11.7 Å². The van der Waals surface area contributed by atoms with Crippen LogP contribution in [0.25, 0.3) is 0 Å². The zero-order valence-corrected chi connectivity index (χ0v) is 10.4. The smallest absolute Gasteiger partial charge is 0.141 e. The van der Waals surface area contributed by atoms with Crippen LogP contribution in [0.15, 0.2) is 18.2 Å². The molecule has 1 aromatic rings. The molecule has 0 aliphatic rings. The molecule has 0 spiro atoms. The lowest BCUT2D eigenvalue weighted by molar-refractivity contribution is 0.391. The van der Waals surface area contributed by atoms with Gasteiger partial charge in [-0.15, -0.1) is 0 Å². The maximum atomic E-state index is 13.0. The Kier molecular flexibility index (Phi) is 5.19. The van der Waals surface area contributed by atoms with Crippen LogP contribution >= 0.6 is 11.6 Å². The summed E-state index contributed by atoms with van der Waals surface area (Å²) in [5.41, 5.74) is 6.54. The Labute approximate surface area is 101 Å². The molecule has 0 saturated carbocycles. The molecular weight excluding hydrogens is 227 g/mol. The van der Waals surface area contributed by atoms with E-state index in [1.165, 1.54) is 6.07 Å². The number of halogens is 2. The summed E-state index contributed by atoms with van der Waals surface area (Å²) in [6.07, 6.45) is 0.917. The van der Waals surface area contributed by atoms with Gasteiger partial charge < -0.3 is 11.1 Å². The Hall–Kier alpha value is -0.640. The molecule has 0 radical (unpaired) electrons. The van der Waals surface area contributed by atoms with E-state index in [2.05, 4.69) is 12.2 Å². The average molecular weight is 245 g/mol. The summed E-state index contributed by atoms with van der Waals surface area (Å²) in [7, 11) is 1.88. The molecule has 2 nitrogen and oxygen atoms in total. The highest BCUT2D eigenvalue weighted by Gasteiger charge is 2.17. The van der Waals surface area contributed by atoms with Gasteiger partial charge in [-0.1, -0.05) is 24.6 Å². The summed E-state index contributed by atoms with van der Waals surface area (Å²) >= 11 is 5.77. The van der Waals surface area contributed by atoms with Gasteiger partial charge in [0.25, 0.3) is 0 Å². The second-order valence-corrected chi connectivity index (χ2v) is 4.40. The fourth-order valence-corrected chi connectivity index (χ4v) is 2.10. The molecule has 2 unspecified atom stereocenters. The Morgan fingerprint density at radius 1 is 1.50 bits per heavy atom. The van der Waals surface area contributed by atoms with Crippen molar-refractivity contribution in [1.82, 2.24) is 5.32 Å². The summed E-state index contributed by atoms with van der Waals surface area (Å²) in [5, 5.41) is 3.38. The molecular formula is C12H18ClFN2. The molecule has 90 valence electrons. The molecule has 0 aliphatic carbocycles. The summed E-state index contributed by atoms with van der Waals surface area (Å²) in [4.78, 5) is 0. The van der Waals surface area contributed by atoms with Crippen molar-refractivity contribution in [1.29, 1.82) is 0 Å². The number of hydrogen-bond donors (Lipinski definition) is 2. The third-order valence-electron chi connectivity index (χ3n) is 2.80. The minimum absolute atomic E-state index is 0.154. The van der Waals surface area contributed by atoms with Gasteiger partial charge in [-0.05, 0) is 43.6 Å². The number of benzene rings is 1. The molecule has 4 heteroatoms. The fourth-order valence-electron chi connectivity index (χ4n) is 1.92. The van der Waals surface area contributed by atoms with Crippen molar-refractivity contribution in [2.75, 3.05) is 13.6 Å². The maximum Gasteiger partial charge on any atom is 0.141 e. The average Bonchev–Trinajstić information content (AvgIpc) is 2.25. The van der Waals surface area contributed by atoms with Crippen molar-refractivity contribution < 1.29 is 4.39 Å². The fraction of sp³-hybridized carbons (Fsp3) is 0.500. The van der Waals surface area contributed by atoms with E-state index in [9.17, 15) is 4.39 Å². The first-order valence-electron chi connectivity index (χ1n) is 5.42. The van der Waals surface area contributed by atoms with E-state index >= 15 is 0 Å². The van der Waals surface area contributed by atoms with E-state index < -0.39 is 0 Å². The Morgan fingerprint density at radius 3 is 2.69 bits per heavy atom. The van der Waals surface area contributed by atoms with Gasteiger partial charge in [-0.2, -0.15) is 0 Å². The predicted octanol–water partition coefficient (Wildman–Crippen LogP) is 2.72. The minimum atomic E-state index is -0.383. The molecule has 2 atom stereocenters. The van der Waals surface area contributed by atoms with Crippen LogP contribution in [0.5, 0.6) is 0 Å². The van der Waals surface area contributed by atoms with Crippen molar-refractivity contribution in [3.05, 3.63) is 34.6 Å². The monoisotopic (exact) mass is 244 g/mol. The van der Waals surface area contributed by atoms with Gasteiger partial charge in [0.15, 0.2) is 0 Å². The Morgan fingerprint density at radius 2 is 2.19 bits per heavy atom. The largest absolute Gasteiger partial charge is 0.330 e. The summed E-state index contributed by atoms with van der Waals surface area (Å²) in [6.45, 7) is 2.76. The van der Waals surface area contributed by atoms with Gasteiger partial charge in [-0.25, -0.2) is 4.39 Å². The van der Waals surface area contributed by atoms with Crippen LogP contribution in [0.3, 0.4) is 0 Å². The number of nitrogens with two attached hydrogens (primary N) is 1. The number of rotatable bonds is 5. The summed E-state index contributed by atoms with van der Waals surface area (Å²) in [5.74, 6) is 0.00303. The molecule has 1 rings (SSSR count). The van der Waals surface area contributed by atoms with Crippen molar-refractivity contribution in [2.24, 2.45) is 11.7 Å². The van der Waals surface area contributed by atoms with Gasteiger partial charge in [0, 0.05) is 6.04 Å². The van der Waals surface area contributed by atoms with Gasteiger partial charge in [0.2, 0.25) is 0 Å². The number of nitrogens with one attached hydrogen (secondary N) is 1. The molecule has 0 fully saturated rings. The van der Waals surface area contributed by atoms with Gasteiger partial charge in [-0.3, -0.25) is 0 Å².